The molecule has 3 N–H and O–H groups in total. The number of piperidine rings is 1. The van der Waals surface area contributed by atoms with Crippen LogP contribution in [0.15, 0.2) is 36.5 Å². The molecule has 2 fully saturated rings. The van der Waals surface area contributed by atoms with Crippen molar-refractivity contribution in [1.29, 1.82) is 0 Å². The Morgan fingerprint density at radius 3 is 2.32 bits per heavy atom. The Bertz CT molecular complexity index is 1630. The normalized spacial score (nSPS) is 15.1. The Hall–Kier alpha value is -4.70. The molecular formula is C30H31ClF4N6O6. The standard InChI is InChI=1S/C29H29ClF4N6O4.CH2O2/c1-38-21(19-4-5-22(44-29(33)34)24(32)23(19)31)15-36-25(38)26(41)37-17-2-3-18(20(30)14-17)28(43)40-12-10-39(11-13-40)27(42)16-6-8-35-9-7-16;2-1-3/h2-5,14-16,29,35H,6-13H2,1H3,(H,37,41);1H,(H,2,3). The lowest BCUT2D eigenvalue weighted by atomic mass is 9.96. The number of rotatable bonds is 7. The van der Waals surface area contributed by atoms with E-state index in [9.17, 15) is 31.9 Å². The summed E-state index contributed by atoms with van der Waals surface area (Å²) >= 11 is 6.42. The predicted molar refractivity (Wildman–Crippen MR) is 161 cm³/mol. The van der Waals surface area contributed by atoms with Gasteiger partial charge < -0.3 is 34.8 Å². The molecule has 47 heavy (non-hydrogen) atoms. The van der Waals surface area contributed by atoms with E-state index in [0.717, 1.165) is 44.3 Å². The molecule has 2 aromatic carbocycles. The van der Waals surface area contributed by atoms with Gasteiger partial charge in [0.25, 0.3) is 18.3 Å². The number of halogens is 5. The molecule has 2 aliphatic rings. The molecule has 0 atom stereocenters. The highest BCUT2D eigenvalue weighted by Crippen LogP contribution is 2.31. The summed E-state index contributed by atoms with van der Waals surface area (Å²) in [6, 6.07) is 6.28. The van der Waals surface area contributed by atoms with Crippen molar-refractivity contribution in [2.45, 2.75) is 19.5 Å². The molecule has 3 heterocycles. The van der Waals surface area contributed by atoms with Gasteiger partial charge >= 0.3 is 6.61 Å². The molecule has 0 aliphatic carbocycles. The topological polar surface area (TPSA) is 146 Å². The van der Waals surface area contributed by atoms with Crippen LogP contribution in [0.2, 0.25) is 5.02 Å². The number of carboxylic acid groups (broad SMARTS) is 1. The smallest absolute Gasteiger partial charge is 0.387 e. The van der Waals surface area contributed by atoms with E-state index in [4.69, 9.17) is 21.5 Å². The number of hydrogen-bond donors (Lipinski definition) is 3. The highest BCUT2D eigenvalue weighted by molar-refractivity contribution is 6.34. The van der Waals surface area contributed by atoms with E-state index in [-0.39, 0.29) is 57.6 Å². The molecule has 3 amide bonds. The number of amides is 3. The summed E-state index contributed by atoms with van der Waals surface area (Å²) in [5, 5.41) is 12.8. The van der Waals surface area contributed by atoms with Gasteiger partial charge in [-0.1, -0.05) is 11.6 Å². The average molecular weight is 683 g/mol. The molecule has 0 unspecified atom stereocenters. The number of anilines is 1. The van der Waals surface area contributed by atoms with E-state index >= 15 is 0 Å². The van der Waals surface area contributed by atoms with Crippen molar-refractivity contribution in [3.05, 3.63) is 64.6 Å². The van der Waals surface area contributed by atoms with E-state index in [1.165, 1.54) is 29.8 Å². The van der Waals surface area contributed by atoms with Crippen molar-refractivity contribution in [3.8, 4) is 17.0 Å². The van der Waals surface area contributed by atoms with Gasteiger partial charge in [-0.15, -0.1) is 0 Å². The third kappa shape index (κ3) is 8.18. The van der Waals surface area contributed by atoms with Crippen LogP contribution in [0.4, 0.5) is 23.2 Å². The van der Waals surface area contributed by atoms with Crippen LogP contribution < -0.4 is 15.4 Å². The van der Waals surface area contributed by atoms with Crippen molar-refractivity contribution in [2.75, 3.05) is 44.6 Å². The molecule has 0 radical (unpaired) electrons. The first kappa shape index (κ1) is 35.2. The van der Waals surface area contributed by atoms with Crippen molar-refractivity contribution >= 4 is 41.5 Å². The number of aromatic nitrogens is 2. The fraction of sp³-hybridized carbons (Fsp3) is 0.367. The summed E-state index contributed by atoms with van der Waals surface area (Å²) in [5.74, 6) is -5.03. The SMILES string of the molecule is Cn1c(-c2ccc(OC(F)F)c(F)c2F)cnc1C(=O)Nc1ccc(C(=O)N2CCN(C(=O)C3CCNCC3)CC2)c(Cl)c1.O=CO. The number of nitrogens with zero attached hydrogens (tertiary/aromatic N) is 4. The molecule has 2 aliphatic heterocycles. The lowest BCUT2D eigenvalue weighted by molar-refractivity contribution is -0.137. The van der Waals surface area contributed by atoms with Crippen LogP contribution in [-0.2, 0) is 16.6 Å². The average Bonchev–Trinajstić information content (AvgIpc) is 3.44. The Kier molecular flexibility index (Phi) is 11.8. The van der Waals surface area contributed by atoms with E-state index in [1.807, 2.05) is 4.90 Å². The number of benzene rings is 2. The summed E-state index contributed by atoms with van der Waals surface area (Å²) in [7, 11) is 1.40. The number of hydrogen-bond acceptors (Lipinski definition) is 7. The van der Waals surface area contributed by atoms with Gasteiger partial charge in [0.1, 0.15) is 0 Å². The molecule has 1 aromatic heterocycles. The largest absolute Gasteiger partial charge is 0.483 e. The van der Waals surface area contributed by atoms with Crippen LogP contribution in [0.1, 0.15) is 33.8 Å². The van der Waals surface area contributed by atoms with Crippen LogP contribution in [0.25, 0.3) is 11.3 Å². The maximum atomic E-state index is 14.6. The zero-order chi connectivity index (χ0) is 34.2. The summed E-state index contributed by atoms with van der Waals surface area (Å²) in [5.41, 5.74) is 0.176. The van der Waals surface area contributed by atoms with Gasteiger partial charge in [-0.25, -0.2) is 9.37 Å². The number of carbonyl (C=O) groups excluding carboxylic acids is 3. The van der Waals surface area contributed by atoms with Crippen molar-refractivity contribution < 1.29 is 46.6 Å². The molecule has 252 valence electrons. The van der Waals surface area contributed by atoms with Crippen LogP contribution >= 0.6 is 11.6 Å². The Labute approximate surface area is 271 Å². The fourth-order valence-corrected chi connectivity index (χ4v) is 5.63. The minimum Gasteiger partial charge on any atom is -0.483 e. The molecule has 0 spiro atoms. The van der Waals surface area contributed by atoms with Crippen LogP contribution in [0, 0.1) is 17.6 Å². The maximum absolute atomic E-state index is 14.6. The van der Waals surface area contributed by atoms with E-state index in [0.29, 0.717) is 26.2 Å². The van der Waals surface area contributed by atoms with Crippen molar-refractivity contribution in [2.24, 2.45) is 13.0 Å². The second kappa shape index (κ2) is 15.7. The summed E-state index contributed by atoms with van der Waals surface area (Å²) in [6.45, 7) is -0.306. The van der Waals surface area contributed by atoms with Gasteiger partial charge in [-0.3, -0.25) is 19.2 Å². The number of nitrogens with one attached hydrogen (secondary N) is 2. The highest BCUT2D eigenvalue weighted by Gasteiger charge is 2.30. The van der Waals surface area contributed by atoms with Crippen LogP contribution in [0.5, 0.6) is 5.75 Å². The monoisotopic (exact) mass is 682 g/mol. The third-order valence-corrected chi connectivity index (χ3v) is 8.07. The molecular weight excluding hydrogens is 652 g/mol. The third-order valence-electron chi connectivity index (χ3n) is 7.75. The zero-order valence-corrected chi connectivity index (χ0v) is 25.8. The van der Waals surface area contributed by atoms with E-state index in [2.05, 4.69) is 20.4 Å². The van der Waals surface area contributed by atoms with E-state index < -0.39 is 29.9 Å². The Balaban J connectivity index is 0.00000160. The van der Waals surface area contributed by atoms with Crippen molar-refractivity contribution in [1.82, 2.24) is 24.7 Å². The van der Waals surface area contributed by atoms with Gasteiger partial charge in [0.2, 0.25) is 11.7 Å². The molecule has 0 saturated carbocycles. The molecule has 0 bridgehead atoms. The quantitative estimate of drug-likeness (QED) is 0.252. The van der Waals surface area contributed by atoms with Crippen molar-refractivity contribution in [3.63, 3.8) is 0 Å². The van der Waals surface area contributed by atoms with Gasteiger partial charge in [0, 0.05) is 50.4 Å². The first-order valence-corrected chi connectivity index (χ1v) is 14.8. The predicted octanol–water partition coefficient (Wildman–Crippen LogP) is 3.86. The van der Waals surface area contributed by atoms with Gasteiger partial charge in [0.05, 0.1) is 22.5 Å². The highest BCUT2D eigenvalue weighted by atomic mass is 35.5. The minimum atomic E-state index is -3.33. The second-order valence-electron chi connectivity index (χ2n) is 10.5. The zero-order valence-electron chi connectivity index (χ0n) is 25.0. The molecule has 2 saturated heterocycles. The second-order valence-corrected chi connectivity index (χ2v) is 10.9. The van der Waals surface area contributed by atoms with Gasteiger partial charge in [0.15, 0.2) is 17.4 Å². The fourth-order valence-electron chi connectivity index (χ4n) is 5.37. The summed E-state index contributed by atoms with van der Waals surface area (Å²) in [6.07, 6.45) is 2.76. The molecule has 12 nitrogen and oxygen atoms in total. The van der Waals surface area contributed by atoms with E-state index in [1.54, 1.807) is 4.90 Å². The number of ether oxygens (including phenoxy) is 1. The van der Waals surface area contributed by atoms with Crippen LogP contribution in [-0.4, -0.2) is 94.5 Å². The van der Waals surface area contributed by atoms with Gasteiger partial charge in [-0.05, 0) is 56.3 Å². The van der Waals surface area contributed by atoms with Gasteiger partial charge in [-0.2, -0.15) is 13.2 Å². The molecule has 17 heteroatoms. The molecule has 5 rings (SSSR count). The lowest BCUT2D eigenvalue weighted by Crippen LogP contribution is -2.52. The first-order valence-electron chi connectivity index (χ1n) is 14.4. The summed E-state index contributed by atoms with van der Waals surface area (Å²) in [4.78, 5) is 54.8. The first-order chi connectivity index (χ1) is 22.5. The number of piperazine rings is 1. The lowest BCUT2D eigenvalue weighted by Gasteiger charge is -2.37. The number of alkyl halides is 2. The molecule has 3 aromatic rings. The maximum Gasteiger partial charge on any atom is 0.387 e. The Morgan fingerprint density at radius 2 is 1.70 bits per heavy atom. The minimum absolute atomic E-state index is 0.00618. The number of carbonyl (C=O) groups is 4. The summed E-state index contributed by atoms with van der Waals surface area (Å²) < 4.78 is 59.0. The number of imidazole rings is 1. The Morgan fingerprint density at radius 1 is 1.06 bits per heavy atom. The van der Waals surface area contributed by atoms with Crippen LogP contribution in [0.3, 0.4) is 0 Å².